The highest BCUT2D eigenvalue weighted by Crippen LogP contribution is 2.18. The molecule has 1 aromatic rings. The summed E-state index contributed by atoms with van der Waals surface area (Å²) in [5.74, 6) is 0. The van der Waals surface area contributed by atoms with E-state index in [0.29, 0.717) is 5.15 Å². The largest absolute Gasteiger partial charge is 0.328 e. The van der Waals surface area contributed by atoms with Crippen LogP contribution in [0.1, 0.15) is 12.5 Å². The molecule has 1 aromatic heterocycles. The summed E-state index contributed by atoms with van der Waals surface area (Å²) in [6.07, 6.45) is 2.43. The molecule has 12 heavy (non-hydrogen) atoms. The lowest BCUT2D eigenvalue weighted by molar-refractivity contribution is 0.735. The third-order valence-electron chi connectivity index (χ3n) is 1.42. The van der Waals surface area contributed by atoms with Crippen LogP contribution in [0.15, 0.2) is 16.7 Å². The second-order valence-electron chi connectivity index (χ2n) is 2.78. The molecule has 1 rings (SSSR count). The van der Waals surface area contributed by atoms with Crippen LogP contribution in [0.4, 0.5) is 0 Å². The molecular formula is C8H10BrClN2. The van der Waals surface area contributed by atoms with E-state index in [0.717, 1.165) is 16.5 Å². The van der Waals surface area contributed by atoms with Crippen LogP contribution in [0.25, 0.3) is 0 Å². The Bertz CT molecular complexity index is 276. The van der Waals surface area contributed by atoms with Gasteiger partial charge in [-0.15, -0.1) is 0 Å². The summed E-state index contributed by atoms with van der Waals surface area (Å²) in [5.41, 5.74) is 6.63. The second-order valence-corrected chi connectivity index (χ2v) is 4.06. The van der Waals surface area contributed by atoms with Crippen molar-refractivity contribution in [1.82, 2.24) is 4.98 Å². The number of aromatic nitrogens is 1. The third kappa shape index (κ3) is 2.73. The molecule has 0 fully saturated rings. The van der Waals surface area contributed by atoms with Gasteiger partial charge in [-0.05, 0) is 40.9 Å². The number of hydrogen-bond acceptors (Lipinski definition) is 2. The molecular weight excluding hydrogens is 239 g/mol. The highest BCUT2D eigenvalue weighted by molar-refractivity contribution is 9.10. The monoisotopic (exact) mass is 248 g/mol. The van der Waals surface area contributed by atoms with E-state index >= 15 is 0 Å². The van der Waals surface area contributed by atoms with Crippen LogP contribution in [0.2, 0.25) is 5.15 Å². The lowest BCUT2D eigenvalue weighted by Crippen LogP contribution is -2.18. The smallest absolute Gasteiger partial charge is 0.132 e. The predicted octanol–water partition coefficient (Wildman–Crippen LogP) is 2.39. The summed E-state index contributed by atoms with van der Waals surface area (Å²) in [7, 11) is 0. The van der Waals surface area contributed by atoms with Gasteiger partial charge in [0.05, 0.1) is 0 Å². The Balaban J connectivity index is 2.90. The SMILES string of the molecule is C[C@H](N)Cc1cc(Br)cnc1Cl. The summed E-state index contributed by atoms with van der Waals surface area (Å²) >= 11 is 9.18. The van der Waals surface area contributed by atoms with E-state index in [1.54, 1.807) is 6.20 Å². The fourth-order valence-electron chi connectivity index (χ4n) is 0.955. The summed E-state index contributed by atoms with van der Waals surface area (Å²) < 4.78 is 0.933. The van der Waals surface area contributed by atoms with E-state index in [-0.39, 0.29) is 6.04 Å². The van der Waals surface area contributed by atoms with Crippen LogP contribution >= 0.6 is 27.5 Å². The van der Waals surface area contributed by atoms with Gasteiger partial charge in [-0.25, -0.2) is 4.98 Å². The number of nitrogens with two attached hydrogens (primary N) is 1. The van der Waals surface area contributed by atoms with Gasteiger partial charge in [-0.1, -0.05) is 11.6 Å². The topological polar surface area (TPSA) is 38.9 Å². The molecule has 0 aromatic carbocycles. The minimum Gasteiger partial charge on any atom is -0.328 e. The number of nitrogens with zero attached hydrogens (tertiary/aromatic N) is 1. The van der Waals surface area contributed by atoms with Crippen LogP contribution in [0, 0.1) is 0 Å². The summed E-state index contributed by atoms with van der Waals surface area (Å²) in [6, 6.07) is 2.05. The highest BCUT2D eigenvalue weighted by atomic mass is 79.9. The summed E-state index contributed by atoms with van der Waals surface area (Å²) in [6.45, 7) is 1.94. The van der Waals surface area contributed by atoms with Gasteiger partial charge in [0.15, 0.2) is 0 Å². The van der Waals surface area contributed by atoms with Crippen LogP contribution < -0.4 is 5.73 Å². The molecule has 0 saturated heterocycles. The summed E-state index contributed by atoms with van der Waals surface area (Å²) in [4.78, 5) is 3.99. The Hall–Kier alpha value is -0.120. The van der Waals surface area contributed by atoms with Gasteiger partial charge in [0.25, 0.3) is 0 Å². The Labute approximate surface area is 85.3 Å². The van der Waals surface area contributed by atoms with Crippen molar-refractivity contribution in [3.05, 3.63) is 27.5 Å². The van der Waals surface area contributed by atoms with Crippen LogP contribution in [0.3, 0.4) is 0 Å². The van der Waals surface area contributed by atoms with Crippen LogP contribution in [-0.4, -0.2) is 11.0 Å². The molecule has 1 atom stereocenters. The number of halogens is 2. The quantitative estimate of drug-likeness (QED) is 0.818. The molecule has 2 nitrogen and oxygen atoms in total. The van der Waals surface area contributed by atoms with E-state index < -0.39 is 0 Å². The van der Waals surface area contributed by atoms with Gasteiger partial charge in [0.1, 0.15) is 5.15 Å². The third-order valence-corrected chi connectivity index (χ3v) is 2.19. The van der Waals surface area contributed by atoms with Crippen molar-refractivity contribution in [2.75, 3.05) is 0 Å². The lowest BCUT2D eigenvalue weighted by atomic mass is 10.1. The zero-order valence-corrected chi connectivity index (χ0v) is 9.06. The molecule has 0 bridgehead atoms. The van der Waals surface area contributed by atoms with Crippen molar-refractivity contribution < 1.29 is 0 Å². The fourth-order valence-corrected chi connectivity index (χ4v) is 1.51. The fraction of sp³-hybridized carbons (Fsp3) is 0.375. The Morgan fingerprint density at radius 3 is 3.00 bits per heavy atom. The van der Waals surface area contributed by atoms with E-state index in [9.17, 15) is 0 Å². The molecule has 0 saturated carbocycles. The van der Waals surface area contributed by atoms with Gasteiger partial charge < -0.3 is 5.73 Å². The number of hydrogen-bond donors (Lipinski definition) is 1. The minimum atomic E-state index is 0.110. The molecule has 1 heterocycles. The summed E-state index contributed by atoms with van der Waals surface area (Å²) in [5, 5.41) is 0.538. The van der Waals surface area contributed by atoms with Crippen molar-refractivity contribution >= 4 is 27.5 Å². The number of rotatable bonds is 2. The van der Waals surface area contributed by atoms with E-state index in [2.05, 4.69) is 20.9 Å². The van der Waals surface area contributed by atoms with Crippen LogP contribution in [-0.2, 0) is 6.42 Å². The maximum absolute atomic E-state index is 5.85. The molecule has 0 aliphatic carbocycles. The van der Waals surface area contributed by atoms with Gasteiger partial charge in [-0.2, -0.15) is 0 Å². The molecule has 0 unspecified atom stereocenters. The molecule has 0 aliphatic heterocycles. The van der Waals surface area contributed by atoms with E-state index in [1.807, 2.05) is 13.0 Å². The van der Waals surface area contributed by atoms with Gasteiger partial charge in [-0.3, -0.25) is 0 Å². The first-order valence-electron chi connectivity index (χ1n) is 3.65. The van der Waals surface area contributed by atoms with Crippen molar-refractivity contribution in [1.29, 1.82) is 0 Å². The number of pyridine rings is 1. The lowest BCUT2D eigenvalue weighted by Gasteiger charge is -2.06. The van der Waals surface area contributed by atoms with Crippen molar-refractivity contribution in [3.63, 3.8) is 0 Å². The molecule has 66 valence electrons. The Morgan fingerprint density at radius 2 is 2.42 bits per heavy atom. The zero-order valence-electron chi connectivity index (χ0n) is 6.72. The maximum Gasteiger partial charge on any atom is 0.132 e. The molecule has 0 aliphatic rings. The molecule has 2 N–H and O–H groups in total. The first-order valence-corrected chi connectivity index (χ1v) is 4.82. The minimum absolute atomic E-state index is 0.110. The first kappa shape index (κ1) is 9.96. The zero-order chi connectivity index (χ0) is 9.14. The Morgan fingerprint density at radius 1 is 1.75 bits per heavy atom. The average Bonchev–Trinajstić information content (AvgIpc) is 1.96. The second kappa shape index (κ2) is 4.21. The van der Waals surface area contributed by atoms with Crippen molar-refractivity contribution in [2.24, 2.45) is 5.73 Å². The molecule has 0 spiro atoms. The normalized spacial score (nSPS) is 13.0. The first-order chi connectivity index (χ1) is 5.59. The van der Waals surface area contributed by atoms with E-state index in [1.165, 1.54) is 0 Å². The van der Waals surface area contributed by atoms with Crippen LogP contribution in [0.5, 0.6) is 0 Å². The van der Waals surface area contributed by atoms with Gasteiger partial charge in [0, 0.05) is 16.7 Å². The molecule has 4 heteroatoms. The maximum atomic E-state index is 5.85. The molecule has 0 radical (unpaired) electrons. The predicted molar refractivity (Wildman–Crippen MR) is 54.3 cm³/mol. The average molecular weight is 250 g/mol. The molecule has 0 amide bonds. The standard InChI is InChI=1S/C8H10BrClN2/c1-5(11)2-6-3-7(9)4-12-8(6)10/h3-5H,2,11H2,1H3/t5-/m0/s1. The van der Waals surface area contributed by atoms with Gasteiger partial charge in [0.2, 0.25) is 0 Å². The van der Waals surface area contributed by atoms with Gasteiger partial charge >= 0.3 is 0 Å². The van der Waals surface area contributed by atoms with Crippen molar-refractivity contribution in [2.45, 2.75) is 19.4 Å². The highest BCUT2D eigenvalue weighted by Gasteiger charge is 2.04. The van der Waals surface area contributed by atoms with E-state index in [4.69, 9.17) is 17.3 Å². The van der Waals surface area contributed by atoms with Crippen molar-refractivity contribution in [3.8, 4) is 0 Å². The Kier molecular flexibility index (Phi) is 3.50.